The van der Waals surface area contributed by atoms with Crippen molar-refractivity contribution in [1.82, 2.24) is 14.9 Å². The minimum absolute atomic E-state index is 0.126. The Morgan fingerprint density at radius 2 is 1.65 bits per heavy atom. The van der Waals surface area contributed by atoms with Crippen molar-refractivity contribution in [3.63, 3.8) is 0 Å². The zero-order chi connectivity index (χ0) is 27.5. The molecule has 6 rings (SSSR count). The molecule has 2 amide bonds. The highest BCUT2D eigenvalue weighted by Gasteiger charge is 2.27. The van der Waals surface area contributed by atoms with Gasteiger partial charge in [-0.05, 0) is 43.2 Å². The topological polar surface area (TPSA) is 79.8 Å². The summed E-state index contributed by atoms with van der Waals surface area (Å²) >= 11 is 1.85. The number of benzene rings is 2. The Hall–Kier alpha value is -3.85. The molecular weight excluding hydrogens is 522 g/mol. The van der Waals surface area contributed by atoms with E-state index in [0.717, 1.165) is 55.2 Å². The number of hydrogen-bond acceptors (Lipinski definition) is 7. The maximum Gasteiger partial charge on any atom is 0.321 e. The average molecular weight is 558 g/mol. The van der Waals surface area contributed by atoms with Gasteiger partial charge in [0.2, 0.25) is 0 Å². The molecule has 1 saturated heterocycles. The maximum atomic E-state index is 13.1. The number of carbonyl (C=O) groups excluding carboxylic acids is 1. The van der Waals surface area contributed by atoms with Gasteiger partial charge in [0.05, 0.1) is 19.6 Å². The highest BCUT2D eigenvalue weighted by molar-refractivity contribution is 7.19. The number of nitrogens with zero attached hydrogens (tertiary/aromatic N) is 4. The van der Waals surface area contributed by atoms with Gasteiger partial charge in [-0.2, -0.15) is 0 Å². The van der Waals surface area contributed by atoms with Gasteiger partial charge in [-0.3, -0.25) is 0 Å². The summed E-state index contributed by atoms with van der Waals surface area (Å²) in [6, 6.07) is 15.8. The monoisotopic (exact) mass is 557 g/mol. The molecule has 1 N–H and O–H groups in total. The number of nitrogens with one attached hydrogen (secondary N) is 1. The van der Waals surface area contributed by atoms with Crippen LogP contribution in [0, 0.1) is 0 Å². The Balaban J connectivity index is 1.20. The number of piperazine rings is 1. The van der Waals surface area contributed by atoms with E-state index >= 15 is 0 Å². The fourth-order valence-corrected chi connectivity index (χ4v) is 6.90. The number of anilines is 2. The molecule has 4 aromatic rings. The Labute approximate surface area is 238 Å². The van der Waals surface area contributed by atoms with Crippen LogP contribution in [0.5, 0.6) is 11.5 Å². The third-order valence-corrected chi connectivity index (χ3v) is 8.98. The predicted octanol–water partition coefficient (Wildman–Crippen LogP) is 5.73. The zero-order valence-electron chi connectivity index (χ0n) is 23.1. The first-order chi connectivity index (χ1) is 19.6. The first-order valence-corrected chi connectivity index (χ1v) is 14.8. The SMILES string of the molecule is COc1cc(NC(=O)N2CCN(c3nc(CCc4ccccc4)nc4sc5c(c34)CCCC5)CC2)cc(OC)c1. The lowest BCUT2D eigenvalue weighted by molar-refractivity contribution is 0.208. The minimum Gasteiger partial charge on any atom is -0.497 e. The van der Waals surface area contributed by atoms with E-state index in [-0.39, 0.29) is 6.03 Å². The number of methoxy groups -OCH3 is 2. The van der Waals surface area contributed by atoms with Gasteiger partial charge >= 0.3 is 6.03 Å². The largest absolute Gasteiger partial charge is 0.497 e. The van der Waals surface area contributed by atoms with Gasteiger partial charge in [0.25, 0.3) is 0 Å². The number of thiophene rings is 1. The molecule has 8 nitrogen and oxygen atoms in total. The molecule has 1 fully saturated rings. The van der Waals surface area contributed by atoms with Crippen LogP contribution >= 0.6 is 11.3 Å². The van der Waals surface area contributed by atoms with Crippen LogP contribution in [0.2, 0.25) is 0 Å². The second-order valence-electron chi connectivity index (χ2n) is 10.3. The van der Waals surface area contributed by atoms with Gasteiger partial charge < -0.3 is 24.6 Å². The molecule has 2 aromatic carbocycles. The van der Waals surface area contributed by atoms with Gasteiger partial charge in [-0.1, -0.05) is 30.3 Å². The van der Waals surface area contributed by atoms with Crippen molar-refractivity contribution in [2.24, 2.45) is 0 Å². The summed E-state index contributed by atoms with van der Waals surface area (Å²) in [4.78, 5) is 30.2. The standard InChI is InChI=1S/C31H35N5O3S/c1-38-23-18-22(19-24(20-23)39-2)32-31(37)36-16-14-35(15-17-36)29-28-25-10-6-7-11-26(25)40-30(28)34-27(33-29)13-12-21-8-4-3-5-9-21/h3-5,8-9,18-20H,6-7,10-17H2,1-2H3,(H,32,37). The van der Waals surface area contributed by atoms with Crippen LogP contribution in [0.3, 0.4) is 0 Å². The molecule has 1 aliphatic carbocycles. The highest BCUT2D eigenvalue weighted by Crippen LogP contribution is 2.40. The van der Waals surface area contributed by atoms with Crippen LogP contribution in [0.1, 0.15) is 34.7 Å². The Morgan fingerprint density at radius 1 is 0.925 bits per heavy atom. The lowest BCUT2D eigenvalue weighted by atomic mass is 9.96. The number of aryl methyl sites for hydroxylation is 4. The van der Waals surface area contributed by atoms with E-state index in [1.807, 2.05) is 22.3 Å². The fraction of sp³-hybridized carbons (Fsp3) is 0.387. The molecule has 9 heteroatoms. The third-order valence-electron chi connectivity index (χ3n) is 7.79. The summed E-state index contributed by atoms with van der Waals surface area (Å²) in [7, 11) is 3.20. The smallest absolute Gasteiger partial charge is 0.321 e. The van der Waals surface area contributed by atoms with Gasteiger partial charge in [-0.25, -0.2) is 14.8 Å². The number of fused-ring (bicyclic) bond motifs is 3. The molecule has 0 saturated carbocycles. The molecule has 0 spiro atoms. The summed E-state index contributed by atoms with van der Waals surface area (Å²) in [5, 5.41) is 4.25. The fourth-order valence-electron chi connectivity index (χ4n) is 5.63. The number of amides is 2. The normalized spacial score (nSPS) is 15.2. The van der Waals surface area contributed by atoms with Gasteiger partial charge in [0.15, 0.2) is 0 Å². The molecule has 2 aromatic heterocycles. The zero-order valence-corrected chi connectivity index (χ0v) is 23.9. The minimum atomic E-state index is -0.126. The molecule has 0 unspecified atom stereocenters. The number of ether oxygens (including phenoxy) is 2. The quantitative estimate of drug-likeness (QED) is 0.313. The predicted molar refractivity (Wildman–Crippen MR) is 160 cm³/mol. The lowest BCUT2D eigenvalue weighted by Crippen LogP contribution is -2.50. The van der Waals surface area contributed by atoms with Gasteiger partial charge in [-0.15, -0.1) is 11.3 Å². The molecule has 0 radical (unpaired) electrons. The van der Waals surface area contributed by atoms with Crippen LogP contribution in [0.25, 0.3) is 10.2 Å². The Bertz CT molecular complexity index is 1480. The summed E-state index contributed by atoms with van der Waals surface area (Å²) in [6.45, 7) is 2.68. The second kappa shape index (κ2) is 11.7. The van der Waals surface area contributed by atoms with Crippen LogP contribution in [-0.2, 0) is 25.7 Å². The van der Waals surface area contributed by atoms with Gasteiger partial charge in [0.1, 0.15) is 28.0 Å². The average Bonchev–Trinajstić information content (AvgIpc) is 3.38. The van der Waals surface area contributed by atoms with E-state index in [4.69, 9.17) is 19.4 Å². The molecule has 2 aliphatic rings. The van der Waals surface area contributed by atoms with Crippen LogP contribution < -0.4 is 19.7 Å². The maximum absolute atomic E-state index is 13.1. The Kier molecular flexibility index (Phi) is 7.73. The van der Waals surface area contributed by atoms with E-state index in [2.05, 4.69) is 34.5 Å². The summed E-state index contributed by atoms with van der Waals surface area (Å²) in [6.07, 6.45) is 6.43. The van der Waals surface area contributed by atoms with E-state index in [0.29, 0.717) is 30.3 Å². The van der Waals surface area contributed by atoms with Crippen LogP contribution in [-0.4, -0.2) is 61.3 Å². The number of aromatic nitrogens is 2. The van der Waals surface area contributed by atoms with Crippen molar-refractivity contribution >= 4 is 39.1 Å². The van der Waals surface area contributed by atoms with E-state index in [9.17, 15) is 4.79 Å². The van der Waals surface area contributed by atoms with Crippen molar-refractivity contribution in [2.45, 2.75) is 38.5 Å². The summed E-state index contributed by atoms with van der Waals surface area (Å²) in [5.74, 6) is 3.21. The van der Waals surface area contributed by atoms with Crippen molar-refractivity contribution in [1.29, 1.82) is 0 Å². The van der Waals surface area contributed by atoms with Gasteiger partial charge in [0, 0.05) is 61.4 Å². The van der Waals surface area contributed by atoms with Crippen LogP contribution in [0.4, 0.5) is 16.3 Å². The number of rotatable bonds is 7. The third kappa shape index (κ3) is 5.56. The van der Waals surface area contributed by atoms with E-state index < -0.39 is 0 Å². The number of hydrogen-bond donors (Lipinski definition) is 1. The molecular formula is C31H35N5O3S. The molecule has 40 heavy (non-hydrogen) atoms. The lowest BCUT2D eigenvalue weighted by Gasteiger charge is -2.36. The number of urea groups is 1. The molecule has 0 atom stereocenters. The number of carbonyl (C=O) groups is 1. The van der Waals surface area contributed by atoms with E-state index in [1.165, 1.54) is 34.2 Å². The molecule has 1 aliphatic heterocycles. The van der Waals surface area contributed by atoms with E-state index in [1.54, 1.807) is 32.4 Å². The highest BCUT2D eigenvalue weighted by atomic mass is 32.1. The van der Waals surface area contributed by atoms with Crippen molar-refractivity contribution in [3.8, 4) is 11.5 Å². The Morgan fingerprint density at radius 3 is 2.38 bits per heavy atom. The van der Waals surface area contributed by atoms with Crippen molar-refractivity contribution in [2.75, 3.05) is 50.6 Å². The van der Waals surface area contributed by atoms with Crippen LogP contribution in [0.15, 0.2) is 48.5 Å². The second-order valence-corrected chi connectivity index (χ2v) is 11.4. The molecule has 0 bridgehead atoms. The first-order valence-electron chi connectivity index (χ1n) is 14.0. The summed E-state index contributed by atoms with van der Waals surface area (Å²) < 4.78 is 10.7. The molecule has 3 heterocycles. The first kappa shape index (κ1) is 26.4. The van der Waals surface area contributed by atoms with Crippen molar-refractivity contribution in [3.05, 3.63) is 70.4 Å². The summed E-state index contributed by atoms with van der Waals surface area (Å²) in [5.41, 5.74) is 3.39. The molecule has 208 valence electrons. The van der Waals surface area contributed by atoms with Crippen molar-refractivity contribution < 1.29 is 14.3 Å².